The molecule has 2 fully saturated rings. The Bertz CT molecular complexity index is 1920. The minimum Gasteiger partial charge on any atom is -0.473 e. The summed E-state index contributed by atoms with van der Waals surface area (Å²) in [6.07, 6.45) is 9.94. The normalized spacial score (nSPS) is 20.9. The number of aryl methyl sites for hydroxylation is 2. The van der Waals surface area contributed by atoms with Crippen LogP contribution < -0.4 is 10.3 Å². The molecule has 1 amide bonds. The number of carboxylic acid groups (broad SMARTS) is 1. The molecule has 4 N–H and O–H groups in total. The van der Waals surface area contributed by atoms with Gasteiger partial charge >= 0.3 is 5.97 Å². The summed E-state index contributed by atoms with van der Waals surface area (Å²) in [6.45, 7) is 7.43. The van der Waals surface area contributed by atoms with Crippen LogP contribution in [0.4, 0.5) is 20.3 Å². The van der Waals surface area contributed by atoms with Crippen LogP contribution >= 0.6 is 0 Å². The second-order valence-corrected chi connectivity index (χ2v) is 14.9. The van der Waals surface area contributed by atoms with E-state index < -0.39 is 12.4 Å². The zero-order chi connectivity index (χ0) is 37.4. The largest absolute Gasteiger partial charge is 0.473 e. The predicted molar refractivity (Wildman–Crippen MR) is 196 cm³/mol. The highest BCUT2D eigenvalue weighted by molar-refractivity contribution is 6.38. The van der Waals surface area contributed by atoms with Gasteiger partial charge in [0.15, 0.2) is 5.82 Å². The van der Waals surface area contributed by atoms with Gasteiger partial charge in [-0.1, -0.05) is 0 Å². The van der Waals surface area contributed by atoms with Crippen molar-refractivity contribution in [3.05, 3.63) is 59.1 Å². The van der Waals surface area contributed by atoms with Crippen molar-refractivity contribution >= 4 is 34.9 Å². The molecule has 1 saturated heterocycles. The predicted octanol–water partition coefficient (Wildman–Crippen LogP) is 3.38. The Balaban J connectivity index is 1.07. The maximum atomic E-state index is 14.6. The summed E-state index contributed by atoms with van der Waals surface area (Å²) in [4.78, 5) is 31.9. The second kappa shape index (κ2) is 15.2. The van der Waals surface area contributed by atoms with Crippen molar-refractivity contribution in [1.29, 1.82) is 5.41 Å². The zero-order valence-electron chi connectivity index (χ0n) is 30.5. The first-order valence-corrected chi connectivity index (χ1v) is 18.6. The lowest BCUT2D eigenvalue weighted by Gasteiger charge is -2.38. The van der Waals surface area contributed by atoms with E-state index in [1.165, 1.54) is 12.2 Å². The number of halogens is 2. The molecule has 0 bridgehead atoms. The molecular formula is C38H49F2N10O3+. The molecule has 5 heterocycles. The fourth-order valence-electron chi connectivity index (χ4n) is 8.53. The van der Waals surface area contributed by atoms with E-state index in [1.807, 2.05) is 15.9 Å². The lowest BCUT2D eigenvalue weighted by Crippen LogP contribution is -2.49. The number of carboxylic acids is 1. The number of nitrogens with zero attached hydrogens (tertiary/aromatic N) is 8. The minimum atomic E-state index is -2.65. The standard InChI is InChI=1S/C38H48F2N10O3/c1-24(51)48-13-11-33-31(23-48)37(49-12-3-4-26-18-29(27-20-43-45(2)22-27)30(36(39)40)19-34(26)49)44-50(33)28-7-5-25(6-8-28)21-46-14-16-47(17-15-46)35(42)10-9-32(41)38(52)53/h9-10,18-20,22,25,28,36,41-42H,3-8,11-17,21,23H2,1-2H3,(H,52,53)/p+1/b10-9-,41-32?,42-35?. The Hall–Kier alpha value is -4.92. The maximum absolute atomic E-state index is 14.6. The van der Waals surface area contributed by atoms with Gasteiger partial charge in [-0.05, 0) is 73.8 Å². The number of fused-ring (bicyclic) bond motifs is 2. The fourth-order valence-corrected chi connectivity index (χ4v) is 8.53. The van der Waals surface area contributed by atoms with Gasteiger partial charge in [-0.2, -0.15) is 10.2 Å². The highest BCUT2D eigenvalue weighted by atomic mass is 19.3. The number of aliphatic carboxylic acids is 1. The molecule has 53 heavy (non-hydrogen) atoms. The number of rotatable bonds is 9. The second-order valence-electron chi connectivity index (χ2n) is 14.9. The number of nitrogens with two attached hydrogens (primary N) is 1. The molecule has 4 aliphatic rings. The van der Waals surface area contributed by atoms with Gasteiger partial charge < -0.3 is 19.8 Å². The van der Waals surface area contributed by atoms with Gasteiger partial charge in [-0.15, -0.1) is 0 Å². The lowest BCUT2D eigenvalue weighted by atomic mass is 9.85. The van der Waals surface area contributed by atoms with Gasteiger partial charge in [-0.3, -0.25) is 24.5 Å². The summed E-state index contributed by atoms with van der Waals surface area (Å²) in [5.74, 6) is 0.419. The molecule has 282 valence electrons. The molecule has 1 aliphatic carbocycles. The third-order valence-electron chi connectivity index (χ3n) is 11.4. The summed E-state index contributed by atoms with van der Waals surface area (Å²) in [5.41, 5.74) is 4.84. The van der Waals surface area contributed by atoms with Crippen LogP contribution in [0.5, 0.6) is 0 Å². The Labute approximate surface area is 307 Å². The first kappa shape index (κ1) is 36.4. The summed E-state index contributed by atoms with van der Waals surface area (Å²) >= 11 is 0. The molecule has 0 radical (unpaired) electrons. The number of alkyl halides is 2. The lowest BCUT2D eigenvalue weighted by molar-refractivity contribution is -0.146. The summed E-state index contributed by atoms with van der Waals surface area (Å²) in [6, 6.07) is 3.79. The molecule has 13 nitrogen and oxygen atoms in total. The van der Waals surface area contributed by atoms with Gasteiger partial charge in [0.05, 0.1) is 18.8 Å². The SMILES string of the molecule is CC(=O)N1CCc2c(c(N3CCCc4cc(-c5cnn(C)c5)c(C(F)F)cc43)nn2C2CCC(CN3CCN(C(=N)/C=C\C(=[NH2+])C(=O)O)CC3)CC2)C1. The van der Waals surface area contributed by atoms with Crippen LogP contribution in [0.2, 0.25) is 0 Å². The Morgan fingerprint density at radius 2 is 1.79 bits per heavy atom. The van der Waals surface area contributed by atoms with E-state index in [0.29, 0.717) is 56.2 Å². The number of carbonyl (C=O) groups excluding carboxylic acids is 1. The van der Waals surface area contributed by atoms with E-state index >= 15 is 0 Å². The summed E-state index contributed by atoms with van der Waals surface area (Å²) in [5, 5.41) is 32.3. The van der Waals surface area contributed by atoms with E-state index in [9.17, 15) is 18.4 Å². The number of hydrogen-bond acceptors (Lipinski definition) is 7. The number of amidine groups is 1. The van der Waals surface area contributed by atoms with E-state index in [-0.39, 0.29) is 29.1 Å². The first-order chi connectivity index (χ1) is 25.5. The number of aromatic nitrogens is 4. The van der Waals surface area contributed by atoms with Gasteiger partial charge in [0.25, 0.3) is 12.1 Å². The van der Waals surface area contributed by atoms with Crippen LogP contribution in [0.3, 0.4) is 0 Å². The van der Waals surface area contributed by atoms with Crippen LogP contribution in [0.25, 0.3) is 11.1 Å². The van der Waals surface area contributed by atoms with Crippen LogP contribution in [0.1, 0.15) is 73.9 Å². The molecule has 0 atom stereocenters. The van der Waals surface area contributed by atoms with Gasteiger partial charge in [0.2, 0.25) is 5.91 Å². The molecule has 1 aromatic carbocycles. The molecule has 0 unspecified atom stereocenters. The quantitative estimate of drug-likeness (QED) is 0.224. The third kappa shape index (κ3) is 7.62. The monoisotopic (exact) mass is 731 g/mol. The topological polar surface area (TPSA) is 152 Å². The van der Waals surface area contributed by atoms with Crippen molar-refractivity contribution in [3.63, 3.8) is 0 Å². The smallest absolute Gasteiger partial charge is 0.400 e. The number of carbonyl (C=O) groups is 2. The van der Waals surface area contributed by atoms with E-state index in [1.54, 1.807) is 37.1 Å². The molecule has 3 aliphatic heterocycles. The first-order valence-electron chi connectivity index (χ1n) is 18.6. The van der Waals surface area contributed by atoms with Gasteiger partial charge in [-0.25, -0.2) is 19.0 Å². The van der Waals surface area contributed by atoms with E-state index in [2.05, 4.69) is 19.6 Å². The van der Waals surface area contributed by atoms with Crippen molar-refractivity contribution in [1.82, 2.24) is 34.3 Å². The van der Waals surface area contributed by atoms with E-state index in [0.717, 1.165) is 86.5 Å². The van der Waals surface area contributed by atoms with Gasteiger partial charge in [0, 0.05) is 107 Å². The summed E-state index contributed by atoms with van der Waals surface area (Å²) in [7, 11) is 1.78. The maximum Gasteiger partial charge on any atom is 0.400 e. The Morgan fingerprint density at radius 3 is 2.45 bits per heavy atom. The molecule has 7 rings (SSSR count). The van der Waals surface area contributed by atoms with Crippen molar-refractivity contribution in [3.8, 4) is 11.1 Å². The van der Waals surface area contributed by atoms with Crippen LogP contribution in [-0.2, 0) is 36.0 Å². The number of benzene rings is 1. The summed E-state index contributed by atoms with van der Waals surface area (Å²) < 4.78 is 33.1. The number of amides is 1. The number of anilines is 2. The zero-order valence-corrected chi connectivity index (χ0v) is 30.5. The third-order valence-corrected chi connectivity index (χ3v) is 11.4. The molecule has 3 aromatic rings. The van der Waals surface area contributed by atoms with Crippen molar-refractivity contribution < 1.29 is 28.9 Å². The van der Waals surface area contributed by atoms with Crippen LogP contribution in [0, 0.1) is 11.3 Å². The molecule has 0 spiro atoms. The van der Waals surface area contributed by atoms with E-state index in [4.69, 9.17) is 21.0 Å². The van der Waals surface area contributed by atoms with Crippen molar-refractivity contribution in [2.75, 3.05) is 50.7 Å². The average molecular weight is 732 g/mol. The van der Waals surface area contributed by atoms with Crippen molar-refractivity contribution in [2.24, 2.45) is 13.0 Å². The van der Waals surface area contributed by atoms with Crippen LogP contribution in [-0.4, -0.2) is 109 Å². The molecule has 2 aromatic heterocycles. The highest BCUT2D eigenvalue weighted by Crippen LogP contribution is 2.44. The molecule has 1 saturated carbocycles. The Morgan fingerprint density at radius 1 is 1.04 bits per heavy atom. The number of hydrogen-bond donors (Lipinski definition) is 3. The van der Waals surface area contributed by atoms with Crippen LogP contribution in [0.15, 0.2) is 36.7 Å². The fraction of sp³-hybridized carbons (Fsp3) is 0.526. The Kier molecular flexibility index (Phi) is 10.5. The minimum absolute atomic E-state index is 0.0169. The number of nitrogens with one attached hydrogen (secondary N) is 1. The molecule has 15 heteroatoms. The number of piperazine rings is 1. The van der Waals surface area contributed by atoms with Gasteiger partial charge in [0.1, 0.15) is 5.84 Å². The highest BCUT2D eigenvalue weighted by Gasteiger charge is 2.35. The average Bonchev–Trinajstić information content (AvgIpc) is 3.76. The van der Waals surface area contributed by atoms with Crippen molar-refractivity contribution in [2.45, 2.75) is 70.9 Å². The molecular weight excluding hydrogens is 682 g/mol.